The van der Waals surface area contributed by atoms with Gasteiger partial charge in [0.05, 0.1) is 22.8 Å². The van der Waals surface area contributed by atoms with Crippen LogP contribution in [0.4, 0.5) is 0 Å². The second-order valence-corrected chi connectivity index (χ2v) is 5.09. The maximum Gasteiger partial charge on any atom is 0.177 e. The van der Waals surface area contributed by atoms with Crippen molar-refractivity contribution in [2.75, 3.05) is 0 Å². The van der Waals surface area contributed by atoms with Crippen molar-refractivity contribution < 1.29 is 0 Å². The monoisotopic (exact) mass is 336 g/mol. The molecule has 6 heteroatoms. The van der Waals surface area contributed by atoms with E-state index in [4.69, 9.17) is 0 Å². The summed E-state index contributed by atoms with van der Waals surface area (Å²) >= 11 is 0. The van der Waals surface area contributed by atoms with Gasteiger partial charge in [-0.25, -0.2) is 9.97 Å². The Morgan fingerprint density at radius 1 is 0.654 bits per heavy atom. The van der Waals surface area contributed by atoms with Crippen LogP contribution in [0.2, 0.25) is 0 Å². The Bertz CT molecular complexity index is 955. The largest absolute Gasteiger partial charge is 0.257 e. The zero-order valence-electron chi connectivity index (χ0n) is 13.6. The maximum absolute atomic E-state index is 9.19. The molecule has 122 valence electrons. The number of nitriles is 2. The molecule has 6 nitrogen and oxygen atoms in total. The predicted molar refractivity (Wildman–Crippen MR) is 97.8 cm³/mol. The Morgan fingerprint density at radius 2 is 1.12 bits per heavy atom. The van der Waals surface area contributed by atoms with Crippen molar-refractivity contribution >= 4 is 24.3 Å². The lowest BCUT2D eigenvalue weighted by molar-refractivity contribution is 1.10. The van der Waals surface area contributed by atoms with Crippen LogP contribution in [0.5, 0.6) is 0 Å². The van der Waals surface area contributed by atoms with Gasteiger partial charge in [0.1, 0.15) is 12.1 Å². The fourth-order valence-corrected chi connectivity index (χ4v) is 2.14. The highest BCUT2D eigenvalue weighted by atomic mass is 14.8. The van der Waals surface area contributed by atoms with Crippen molar-refractivity contribution in [3.8, 4) is 12.1 Å². The molecule has 0 unspecified atom stereocenters. The Morgan fingerprint density at radius 3 is 1.46 bits per heavy atom. The minimum atomic E-state index is -0.0110. The Hall–Kier alpha value is -4.16. The summed E-state index contributed by atoms with van der Waals surface area (Å²) in [6.07, 6.45) is 10.4. The van der Waals surface area contributed by atoms with Crippen molar-refractivity contribution in [3.05, 3.63) is 83.0 Å². The smallest absolute Gasteiger partial charge is 0.177 e. The summed E-state index contributed by atoms with van der Waals surface area (Å²) in [5, 5.41) is 18.4. The first-order valence-electron chi connectivity index (χ1n) is 7.70. The fourth-order valence-electron chi connectivity index (χ4n) is 2.14. The van der Waals surface area contributed by atoms with Gasteiger partial charge in [0.25, 0.3) is 0 Å². The molecule has 0 saturated heterocycles. The Labute approximate surface area is 150 Å². The molecule has 0 radical (unpaired) electrons. The molecule has 0 N–H and O–H groups in total. The van der Waals surface area contributed by atoms with Crippen LogP contribution < -0.4 is 0 Å². The van der Waals surface area contributed by atoms with Gasteiger partial charge in [-0.05, 0) is 48.6 Å². The van der Waals surface area contributed by atoms with Crippen molar-refractivity contribution in [1.82, 2.24) is 19.9 Å². The SMILES string of the molecule is N#Cc1nc(C=Cc2ccccn2)c(C=Cc2ccccn2)nc1C#N. The number of hydrogen-bond acceptors (Lipinski definition) is 6. The fraction of sp³-hybridized carbons (Fsp3) is 0. The van der Waals surface area contributed by atoms with Gasteiger partial charge < -0.3 is 0 Å². The van der Waals surface area contributed by atoms with Gasteiger partial charge in [-0.3, -0.25) is 9.97 Å². The van der Waals surface area contributed by atoms with E-state index in [9.17, 15) is 10.5 Å². The predicted octanol–water partition coefficient (Wildman–Crippen LogP) is 3.35. The van der Waals surface area contributed by atoms with E-state index in [1.165, 1.54) is 0 Å². The minimum absolute atomic E-state index is 0.0110. The second kappa shape index (κ2) is 8.09. The first-order valence-corrected chi connectivity index (χ1v) is 7.70. The molecule has 0 amide bonds. The van der Waals surface area contributed by atoms with Crippen molar-refractivity contribution in [2.24, 2.45) is 0 Å². The molecule has 0 atom stereocenters. The maximum atomic E-state index is 9.19. The molecule has 0 aliphatic rings. The summed E-state index contributed by atoms with van der Waals surface area (Å²) in [6.45, 7) is 0. The normalized spacial score (nSPS) is 10.7. The molecule has 0 bridgehead atoms. The quantitative estimate of drug-likeness (QED) is 0.724. The molecule has 0 aromatic carbocycles. The van der Waals surface area contributed by atoms with E-state index in [-0.39, 0.29) is 11.4 Å². The van der Waals surface area contributed by atoms with Crippen LogP contribution in [0, 0.1) is 22.7 Å². The molecular weight excluding hydrogens is 324 g/mol. The number of rotatable bonds is 4. The molecule has 3 aromatic rings. The van der Waals surface area contributed by atoms with Crippen LogP contribution >= 0.6 is 0 Å². The number of aromatic nitrogens is 4. The minimum Gasteiger partial charge on any atom is -0.257 e. The topological polar surface area (TPSA) is 99.1 Å². The number of pyridine rings is 2. The second-order valence-electron chi connectivity index (χ2n) is 5.09. The molecule has 3 aromatic heterocycles. The molecule has 0 spiro atoms. The lowest BCUT2D eigenvalue weighted by Crippen LogP contribution is -2.00. The molecule has 0 aliphatic carbocycles. The van der Waals surface area contributed by atoms with E-state index >= 15 is 0 Å². The Kier molecular flexibility index (Phi) is 5.19. The van der Waals surface area contributed by atoms with Crippen molar-refractivity contribution in [2.45, 2.75) is 0 Å². The third-order valence-corrected chi connectivity index (χ3v) is 3.36. The molecular formula is C20H12N6. The lowest BCUT2D eigenvalue weighted by Gasteiger charge is -2.02. The number of hydrogen-bond donors (Lipinski definition) is 0. The van der Waals surface area contributed by atoms with Gasteiger partial charge in [-0.15, -0.1) is 0 Å². The third kappa shape index (κ3) is 4.02. The van der Waals surface area contributed by atoms with Crippen LogP contribution in [0.1, 0.15) is 34.2 Å². The zero-order chi connectivity index (χ0) is 18.2. The van der Waals surface area contributed by atoms with Gasteiger partial charge in [-0.1, -0.05) is 12.1 Å². The van der Waals surface area contributed by atoms with E-state index in [0.29, 0.717) is 11.4 Å². The molecule has 26 heavy (non-hydrogen) atoms. The summed E-state index contributed by atoms with van der Waals surface area (Å²) < 4.78 is 0. The molecule has 0 fully saturated rings. The van der Waals surface area contributed by atoms with Gasteiger partial charge in [0.2, 0.25) is 0 Å². The van der Waals surface area contributed by atoms with Crippen LogP contribution in [-0.2, 0) is 0 Å². The molecule has 3 heterocycles. The first kappa shape index (κ1) is 16.7. The van der Waals surface area contributed by atoms with E-state index in [1.54, 1.807) is 36.7 Å². The Balaban J connectivity index is 2.03. The highest BCUT2D eigenvalue weighted by molar-refractivity contribution is 5.75. The van der Waals surface area contributed by atoms with Gasteiger partial charge >= 0.3 is 0 Å². The van der Waals surface area contributed by atoms with Crippen LogP contribution in [0.25, 0.3) is 24.3 Å². The zero-order valence-corrected chi connectivity index (χ0v) is 13.6. The van der Waals surface area contributed by atoms with E-state index in [1.807, 2.05) is 48.5 Å². The van der Waals surface area contributed by atoms with E-state index < -0.39 is 0 Å². The summed E-state index contributed by atoms with van der Waals surface area (Å²) in [7, 11) is 0. The van der Waals surface area contributed by atoms with Crippen molar-refractivity contribution in [1.29, 1.82) is 10.5 Å². The average Bonchev–Trinajstić information content (AvgIpc) is 2.72. The van der Waals surface area contributed by atoms with E-state index in [0.717, 1.165) is 11.4 Å². The molecule has 3 rings (SSSR count). The molecule has 0 saturated carbocycles. The number of nitrogens with zero attached hydrogens (tertiary/aromatic N) is 6. The summed E-state index contributed by atoms with van der Waals surface area (Å²) in [6, 6.07) is 14.9. The average molecular weight is 336 g/mol. The van der Waals surface area contributed by atoms with Gasteiger partial charge in [0, 0.05) is 12.4 Å². The highest BCUT2D eigenvalue weighted by Crippen LogP contribution is 2.15. The molecule has 0 aliphatic heterocycles. The lowest BCUT2D eigenvalue weighted by atomic mass is 10.2. The van der Waals surface area contributed by atoms with Crippen LogP contribution in [0.15, 0.2) is 48.8 Å². The summed E-state index contributed by atoms with van der Waals surface area (Å²) in [5.41, 5.74) is 2.41. The third-order valence-electron chi connectivity index (χ3n) is 3.36. The van der Waals surface area contributed by atoms with E-state index in [2.05, 4.69) is 19.9 Å². The standard InChI is InChI=1S/C20H12N6/c21-13-19-20(14-22)26-18(10-8-16-6-2-4-12-24-16)17(25-19)9-7-15-5-1-3-11-23-15/h1-12H. The van der Waals surface area contributed by atoms with Gasteiger partial charge in [0.15, 0.2) is 11.4 Å². The summed E-state index contributed by atoms with van der Waals surface area (Å²) in [5.74, 6) is 0. The van der Waals surface area contributed by atoms with Crippen molar-refractivity contribution in [3.63, 3.8) is 0 Å². The van der Waals surface area contributed by atoms with Crippen LogP contribution in [-0.4, -0.2) is 19.9 Å². The summed E-state index contributed by atoms with van der Waals surface area (Å²) in [4.78, 5) is 16.9. The van der Waals surface area contributed by atoms with Crippen LogP contribution in [0.3, 0.4) is 0 Å². The highest BCUT2D eigenvalue weighted by Gasteiger charge is 2.10. The van der Waals surface area contributed by atoms with Gasteiger partial charge in [-0.2, -0.15) is 10.5 Å². The first-order chi connectivity index (χ1) is 12.8.